The molecule has 1 N–H and O–H groups in total. The molecule has 1 aromatic carbocycles. The van der Waals surface area contributed by atoms with E-state index >= 15 is 0 Å². The standard InChI is InChI=1S/C11H15NO3.ClH/c1-12(2)10(11(13)14)8-4-6-9(15-3)7-5-8;/h4-7,10H,1-3H3,(H,13,14);1H. The summed E-state index contributed by atoms with van der Waals surface area (Å²) in [6.45, 7) is 0. The van der Waals surface area contributed by atoms with Crippen LogP contribution in [0.5, 0.6) is 5.75 Å². The van der Waals surface area contributed by atoms with Gasteiger partial charge in [-0.1, -0.05) is 12.1 Å². The van der Waals surface area contributed by atoms with Crippen molar-refractivity contribution in [3.63, 3.8) is 0 Å². The van der Waals surface area contributed by atoms with Crippen LogP contribution in [0.3, 0.4) is 0 Å². The molecular weight excluding hydrogens is 230 g/mol. The fraction of sp³-hybridized carbons (Fsp3) is 0.364. The van der Waals surface area contributed by atoms with Crippen LogP contribution in [0, 0.1) is 0 Å². The minimum atomic E-state index is -0.856. The average Bonchev–Trinajstić information content (AvgIpc) is 2.18. The molecule has 0 saturated carbocycles. The van der Waals surface area contributed by atoms with Crippen LogP contribution in [0.1, 0.15) is 11.6 Å². The maximum Gasteiger partial charge on any atom is 0.325 e. The maximum absolute atomic E-state index is 11.0. The van der Waals surface area contributed by atoms with Gasteiger partial charge in [0.1, 0.15) is 11.8 Å². The number of carbonyl (C=O) groups is 1. The van der Waals surface area contributed by atoms with E-state index in [1.54, 1.807) is 50.4 Å². The van der Waals surface area contributed by atoms with Crippen LogP contribution in [0.2, 0.25) is 0 Å². The molecule has 5 heteroatoms. The Morgan fingerprint density at radius 3 is 2.12 bits per heavy atom. The maximum atomic E-state index is 11.0. The van der Waals surface area contributed by atoms with Gasteiger partial charge in [0.15, 0.2) is 0 Å². The smallest absolute Gasteiger partial charge is 0.325 e. The number of halogens is 1. The zero-order valence-corrected chi connectivity index (χ0v) is 10.3. The van der Waals surface area contributed by atoms with Gasteiger partial charge in [0.2, 0.25) is 0 Å². The van der Waals surface area contributed by atoms with Crippen molar-refractivity contribution in [1.82, 2.24) is 4.90 Å². The quantitative estimate of drug-likeness (QED) is 0.879. The minimum absolute atomic E-state index is 0. The molecule has 0 amide bonds. The number of rotatable bonds is 4. The molecule has 1 aromatic rings. The van der Waals surface area contributed by atoms with E-state index < -0.39 is 12.0 Å². The van der Waals surface area contributed by atoms with Crippen molar-refractivity contribution >= 4 is 18.4 Å². The van der Waals surface area contributed by atoms with Crippen molar-refractivity contribution < 1.29 is 14.6 Å². The van der Waals surface area contributed by atoms with Gasteiger partial charge in [-0.25, -0.2) is 0 Å². The second-order valence-corrected chi connectivity index (χ2v) is 3.48. The predicted molar refractivity (Wildman–Crippen MR) is 64.3 cm³/mol. The van der Waals surface area contributed by atoms with Crippen molar-refractivity contribution in [3.8, 4) is 5.75 Å². The fourth-order valence-electron chi connectivity index (χ4n) is 1.45. The van der Waals surface area contributed by atoms with Crippen LogP contribution in [0.25, 0.3) is 0 Å². The van der Waals surface area contributed by atoms with Gasteiger partial charge in [-0.2, -0.15) is 0 Å². The number of aliphatic carboxylic acids is 1. The Morgan fingerprint density at radius 1 is 1.31 bits per heavy atom. The van der Waals surface area contributed by atoms with Crippen molar-refractivity contribution in [3.05, 3.63) is 29.8 Å². The summed E-state index contributed by atoms with van der Waals surface area (Å²) in [5, 5.41) is 9.05. The Kier molecular flexibility index (Phi) is 5.85. The highest BCUT2D eigenvalue weighted by Crippen LogP contribution is 2.21. The molecule has 0 aliphatic rings. The van der Waals surface area contributed by atoms with E-state index in [-0.39, 0.29) is 12.4 Å². The first kappa shape index (κ1) is 14.7. The molecule has 0 aliphatic heterocycles. The molecule has 0 fully saturated rings. The normalized spacial score (nSPS) is 11.8. The van der Waals surface area contributed by atoms with Gasteiger partial charge in [-0.3, -0.25) is 9.69 Å². The number of carboxylic acid groups (broad SMARTS) is 1. The summed E-state index contributed by atoms with van der Waals surface area (Å²) in [7, 11) is 5.06. The number of benzene rings is 1. The molecule has 0 spiro atoms. The Bertz CT molecular complexity index is 338. The lowest BCUT2D eigenvalue weighted by atomic mass is 10.1. The zero-order valence-electron chi connectivity index (χ0n) is 9.51. The van der Waals surface area contributed by atoms with Crippen molar-refractivity contribution in [2.45, 2.75) is 6.04 Å². The molecule has 1 rings (SSSR count). The first-order valence-electron chi connectivity index (χ1n) is 4.59. The highest BCUT2D eigenvalue weighted by Gasteiger charge is 2.21. The molecule has 0 aliphatic carbocycles. The molecule has 1 atom stereocenters. The van der Waals surface area contributed by atoms with Gasteiger partial charge in [0.05, 0.1) is 7.11 Å². The Hall–Kier alpha value is -1.26. The highest BCUT2D eigenvalue weighted by molar-refractivity contribution is 5.85. The highest BCUT2D eigenvalue weighted by atomic mass is 35.5. The second-order valence-electron chi connectivity index (χ2n) is 3.48. The summed E-state index contributed by atoms with van der Waals surface area (Å²) < 4.78 is 5.01. The average molecular weight is 246 g/mol. The summed E-state index contributed by atoms with van der Waals surface area (Å²) in [6.07, 6.45) is 0. The molecule has 4 nitrogen and oxygen atoms in total. The lowest BCUT2D eigenvalue weighted by Crippen LogP contribution is -2.27. The van der Waals surface area contributed by atoms with Crippen LogP contribution >= 0.6 is 12.4 Å². The third kappa shape index (κ3) is 3.40. The molecule has 90 valence electrons. The van der Waals surface area contributed by atoms with E-state index in [1.807, 2.05) is 0 Å². The first-order valence-corrected chi connectivity index (χ1v) is 4.59. The van der Waals surface area contributed by atoms with Crippen molar-refractivity contribution in [2.24, 2.45) is 0 Å². The topological polar surface area (TPSA) is 49.8 Å². The number of carboxylic acids is 1. The Labute approximate surface area is 101 Å². The van der Waals surface area contributed by atoms with Crippen LogP contribution in [0.4, 0.5) is 0 Å². The van der Waals surface area contributed by atoms with Crippen LogP contribution in [-0.2, 0) is 4.79 Å². The van der Waals surface area contributed by atoms with Gasteiger partial charge in [0, 0.05) is 0 Å². The Morgan fingerprint density at radius 2 is 1.81 bits per heavy atom. The van der Waals surface area contributed by atoms with E-state index in [2.05, 4.69) is 0 Å². The summed E-state index contributed by atoms with van der Waals surface area (Å²) >= 11 is 0. The van der Waals surface area contributed by atoms with E-state index in [0.29, 0.717) is 0 Å². The number of ether oxygens (including phenoxy) is 1. The minimum Gasteiger partial charge on any atom is -0.497 e. The lowest BCUT2D eigenvalue weighted by molar-refractivity contribution is -0.142. The first-order chi connectivity index (χ1) is 7.06. The summed E-state index contributed by atoms with van der Waals surface area (Å²) in [4.78, 5) is 12.7. The van der Waals surface area contributed by atoms with Crippen molar-refractivity contribution in [1.29, 1.82) is 0 Å². The molecule has 0 bridgehead atoms. The number of hydrogen-bond donors (Lipinski definition) is 1. The number of likely N-dealkylation sites (N-methyl/N-ethyl adjacent to an activating group) is 1. The molecular formula is C11H16ClNO3. The summed E-state index contributed by atoms with van der Waals surface area (Å²) in [6, 6.07) is 6.43. The molecule has 0 heterocycles. The van der Waals surface area contributed by atoms with Crippen LogP contribution in [-0.4, -0.2) is 37.2 Å². The van der Waals surface area contributed by atoms with Crippen molar-refractivity contribution in [2.75, 3.05) is 21.2 Å². The molecule has 0 saturated heterocycles. The lowest BCUT2D eigenvalue weighted by Gasteiger charge is -2.20. The van der Waals surface area contributed by atoms with E-state index in [9.17, 15) is 4.79 Å². The van der Waals surface area contributed by atoms with Gasteiger partial charge < -0.3 is 9.84 Å². The van der Waals surface area contributed by atoms with E-state index in [4.69, 9.17) is 9.84 Å². The summed E-state index contributed by atoms with van der Waals surface area (Å²) in [5.74, 6) is -0.133. The molecule has 0 aromatic heterocycles. The summed E-state index contributed by atoms with van der Waals surface area (Å²) in [5.41, 5.74) is 0.744. The SMILES string of the molecule is COc1ccc(C(C(=O)O)N(C)C)cc1.Cl. The van der Waals surface area contributed by atoms with Gasteiger partial charge in [0.25, 0.3) is 0 Å². The van der Waals surface area contributed by atoms with Gasteiger partial charge in [-0.05, 0) is 31.8 Å². The van der Waals surface area contributed by atoms with Gasteiger partial charge in [-0.15, -0.1) is 12.4 Å². The molecule has 16 heavy (non-hydrogen) atoms. The number of nitrogens with zero attached hydrogens (tertiary/aromatic N) is 1. The van der Waals surface area contributed by atoms with Crippen LogP contribution < -0.4 is 4.74 Å². The third-order valence-electron chi connectivity index (χ3n) is 2.18. The predicted octanol–water partition coefficient (Wildman–Crippen LogP) is 1.80. The van der Waals surface area contributed by atoms with E-state index in [1.165, 1.54) is 0 Å². The molecule has 1 unspecified atom stereocenters. The molecule has 0 radical (unpaired) electrons. The monoisotopic (exact) mass is 245 g/mol. The number of hydrogen-bond acceptors (Lipinski definition) is 3. The third-order valence-corrected chi connectivity index (χ3v) is 2.18. The fourth-order valence-corrected chi connectivity index (χ4v) is 1.45. The van der Waals surface area contributed by atoms with Crippen LogP contribution in [0.15, 0.2) is 24.3 Å². The second kappa shape index (κ2) is 6.35. The zero-order chi connectivity index (χ0) is 11.4. The Balaban J connectivity index is 0.00000225. The van der Waals surface area contributed by atoms with Gasteiger partial charge >= 0.3 is 5.97 Å². The number of methoxy groups -OCH3 is 1. The largest absolute Gasteiger partial charge is 0.497 e. The van der Waals surface area contributed by atoms with E-state index in [0.717, 1.165) is 11.3 Å².